The Morgan fingerprint density at radius 2 is 2.10 bits per heavy atom. The van der Waals surface area contributed by atoms with E-state index in [1.54, 1.807) is 0 Å². The maximum absolute atomic E-state index is 10.0. The van der Waals surface area contributed by atoms with E-state index in [0.717, 1.165) is 0 Å². The summed E-state index contributed by atoms with van der Waals surface area (Å²) in [6.45, 7) is 0. The van der Waals surface area contributed by atoms with Crippen molar-refractivity contribution in [1.29, 1.82) is 5.26 Å². The van der Waals surface area contributed by atoms with Crippen LogP contribution in [0.1, 0.15) is 7.85 Å². The average molecular weight is 173 g/mol. The molecule has 0 aliphatic rings. The van der Waals surface area contributed by atoms with E-state index in [1.807, 2.05) is 0 Å². The molecule has 0 unspecified atom stereocenters. The number of hydrogen-bond donors (Lipinski definition) is 1. The minimum atomic E-state index is -4.63. The third kappa shape index (κ3) is 4.90. The van der Waals surface area contributed by atoms with E-state index in [9.17, 15) is 13.2 Å². The second kappa shape index (κ2) is 4.82. The molecular formula is C3H4NNaO4S. The van der Waals surface area contributed by atoms with E-state index in [4.69, 9.17) is 9.81 Å². The van der Waals surface area contributed by atoms with Crippen LogP contribution in [0.5, 0.6) is 0 Å². The van der Waals surface area contributed by atoms with Gasteiger partial charge in [0.1, 0.15) is 6.42 Å². The van der Waals surface area contributed by atoms with Gasteiger partial charge in [0.25, 0.3) is 5.12 Å². The van der Waals surface area contributed by atoms with Gasteiger partial charge in [0.15, 0.2) is 0 Å². The number of nitriles is 1. The van der Waals surface area contributed by atoms with E-state index in [2.05, 4.69) is 0 Å². The van der Waals surface area contributed by atoms with Gasteiger partial charge in [-0.3, -0.25) is 9.35 Å². The van der Waals surface area contributed by atoms with Crippen molar-refractivity contribution in [2.75, 3.05) is 0 Å². The van der Waals surface area contributed by atoms with Gasteiger partial charge in [-0.15, -0.1) is 0 Å². The summed E-state index contributed by atoms with van der Waals surface area (Å²) in [4.78, 5) is 10.0. The molecule has 0 aromatic rings. The van der Waals surface area contributed by atoms with Crippen LogP contribution in [0.3, 0.4) is 0 Å². The molecule has 0 saturated heterocycles. The van der Waals surface area contributed by atoms with E-state index in [0.29, 0.717) is 0 Å². The first-order valence-corrected chi connectivity index (χ1v) is 3.29. The van der Waals surface area contributed by atoms with Crippen LogP contribution in [-0.2, 0) is 14.9 Å². The third-order valence-electron chi connectivity index (χ3n) is 0.511. The van der Waals surface area contributed by atoms with Gasteiger partial charge in [0.2, 0.25) is 0 Å². The molecule has 1 N–H and O–H groups in total. The van der Waals surface area contributed by atoms with Crippen molar-refractivity contribution >= 4 is 15.2 Å². The van der Waals surface area contributed by atoms with Gasteiger partial charge >= 0.3 is 39.7 Å². The summed E-state index contributed by atoms with van der Waals surface area (Å²) in [6.07, 6.45) is -0.807. The van der Waals surface area contributed by atoms with Crippen LogP contribution < -0.4 is 29.6 Å². The number of carbonyl (C=O) groups is 1. The van der Waals surface area contributed by atoms with Crippen molar-refractivity contribution in [3.05, 3.63) is 0 Å². The van der Waals surface area contributed by atoms with Crippen molar-refractivity contribution < 1.29 is 48.7 Å². The molecule has 0 aromatic heterocycles. The van der Waals surface area contributed by atoms with Crippen LogP contribution in [0.25, 0.3) is 0 Å². The minimum Gasteiger partial charge on any atom is -1.00 e. The Kier molecular flexibility index (Phi) is 6.13. The Balaban J connectivity index is -0.000000320. The molecule has 0 atom stereocenters. The fourth-order valence-electron chi connectivity index (χ4n) is 0.156. The van der Waals surface area contributed by atoms with Gasteiger partial charge < -0.3 is 1.43 Å². The van der Waals surface area contributed by atoms with E-state index < -0.39 is 21.7 Å². The van der Waals surface area contributed by atoms with Gasteiger partial charge in [0, 0.05) is 0 Å². The number of hydrogen-bond acceptors (Lipinski definition) is 4. The van der Waals surface area contributed by atoms with Crippen molar-refractivity contribution in [2.45, 2.75) is 6.42 Å². The van der Waals surface area contributed by atoms with Crippen molar-refractivity contribution in [1.82, 2.24) is 0 Å². The molecule has 10 heavy (non-hydrogen) atoms. The fourth-order valence-corrected chi connectivity index (χ4v) is 0.403. The predicted octanol–water partition coefficient (Wildman–Crippen LogP) is -3.57. The zero-order valence-electron chi connectivity index (χ0n) is 6.23. The fraction of sp³-hybridized carbons (Fsp3) is 0.333. The molecule has 0 spiro atoms. The molecule has 0 amide bonds. The second-order valence-electron chi connectivity index (χ2n) is 1.18. The minimum absolute atomic E-state index is 0. The second-order valence-corrected chi connectivity index (χ2v) is 2.59. The van der Waals surface area contributed by atoms with E-state index >= 15 is 0 Å². The quantitative estimate of drug-likeness (QED) is 0.327. The Labute approximate surface area is 81.6 Å². The molecule has 0 aliphatic heterocycles. The zero-order valence-corrected chi connectivity index (χ0v) is 8.05. The Bertz CT molecular complexity index is 255. The molecule has 0 aromatic carbocycles. The first kappa shape index (κ1) is 12.7. The first-order chi connectivity index (χ1) is 3.98. The Morgan fingerprint density at radius 3 is 2.20 bits per heavy atom. The molecule has 0 aliphatic carbocycles. The summed E-state index contributed by atoms with van der Waals surface area (Å²) in [5.41, 5.74) is 0. The molecule has 0 rings (SSSR count). The molecule has 0 saturated carbocycles. The zero-order chi connectivity index (χ0) is 7.49. The average Bonchev–Trinajstić information content (AvgIpc) is 1.64. The van der Waals surface area contributed by atoms with Crippen LogP contribution >= 0.6 is 0 Å². The third-order valence-corrected chi connectivity index (χ3v) is 1.23. The van der Waals surface area contributed by atoms with Crippen LogP contribution in [0, 0.1) is 11.3 Å². The largest absolute Gasteiger partial charge is 1.00 e. The summed E-state index contributed by atoms with van der Waals surface area (Å²) < 4.78 is 27.4. The predicted molar refractivity (Wildman–Crippen MR) is 27.9 cm³/mol. The van der Waals surface area contributed by atoms with Gasteiger partial charge in [-0.2, -0.15) is 13.7 Å². The molecule has 0 fully saturated rings. The summed E-state index contributed by atoms with van der Waals surface area (Å²) in [6, 6.07) is 1.29. The van der Waals surface area contributed by atoms with Gasteiger partial charge in [-0.1, -0.05) is 0 Å². The van der Waals surface area contributed by atoms with Crippen LogP contribution in [0.4, 0.5) is 0 Å². The maximum atomic E-state index is 10.0. The summed E-state index contributed by atoms with van der Waals surface area (Å²) in [7, 11) is -4.63. The Hall–Kier alpha value is 0.0700. The number of nitrogens with zero attached hydrogens (tertiary/aromatic N) is 1. The van der Waals surface area contributed by atoms with Crippen molar-refractivity contribution in [3.8, 4) is 6.07 Å². The monoisotopic (exact) mass is 173 g/mol. The summed E-state index contributed by atoms with van der Waals surface area (Å²) in [5, 5.41) is 6.29. The topological polar surface area (TPSA) is 95.2 Å². The Morgan fingerprint density at radius 1 is 1.70 bits per heavy atom. The number of carbonyl (C=O) groups excluding carboxylic acids is 1. The molecule has 0 radical (unpaired) electrons. The standard InChI is InChI=1S/C3H3NO4S.Na.H/c4-2-1-3(5)9(6,7)8;;/h1H2,(H,6,7,8);;/q;+1;-1. The molecular weight excluding hydrogens is 169 g/mol. The number of rotatable bonds is 1. The van der Waals surface area contributed by atoms with Crippen molar-refractivity contribution in [2.24, 2.45) is 0 Å². The van der Waals surface area contributed by atoms with Crippen LogP contribution in [0.2, 0.25) is 0 Å². The van der Waals surface area contributed by atoms with Crippen molar-refractivity contribution in [3.63, 3.8) is 0 Å². The van der Waals surface area contributed by atoms with E-state index in [-0.39, 0.29) is 31.0 Å². The summed E-state index contributed by atoms with van der Waals surface area (Å²) >= 11 is 0. The molecule has 0 bridgehead atoms. The first-order valence-electron chi connectivity index (χ1n) is 1.85. The summed E-state index contributed by atoms with van der Waals surface area (Å²) in [5.74, 6) is 0. The molecule has 52 valence electrons. The smallest absolute Gasteiger partial charge is 1.00 e. The maximum Gasteiger partial charge on any atom is 1.00 e. The van der Waals surface area contributed by atoms with Crippen LogP contribution in [-0.4, -0.2) is 18.1 Å². The molecule has 7 heteroatoms. The molecule has 5 nitrogen and oxygen atoms in total. The van der Waals surface area contributed by atoms with E-state index in [1.165, 1.54) is 6.07 Å². The van der Waals surface area contributed by atoms with Gasteiger partial charge in [-0.05, 0) is 0 Å². The van der Waals surface area contributed by atoms with Gasteiger partial charge in [0.05, 0.1) is 6.07 Å². The van der Waals surface area contributed by atoms with Crippen LogP contribution in [0.15, 0.2) is 0 Å². The SMILES string of the molecule is N#CCC(=O)S(=O)(=O)O.[H-].[Na+]. The normalized spacial score (nSPS) is 9.20. The van der Waals surface area contributed by atoms with Gasteiger partial charge in [-0.25, -0.2) is 0 Å². The molecule has 0 heterocycles.